The molecule has 8 aliphatic carbocycles. The molecule has 2 heterocycles. The van der Waals surface area contributed by atoms with Gasteiger partial charge in [-0.3, -0.25) is 9.59 Å². The van der Waals surface area contributed by atoms with Crippen molar-refractivity contribution >= 4 is 49.7 Å². The Hall–Kier alpha value is -7.10. The zero-order chi connectivity index (χ0) is 40.3. The van der Waals surface area contributed by atoms with Crippen LogP contribution in [0.15, 0.2) is 152 Å². The highest BCUT2D eigenvalue weighted by molar-refractivity contribution is 6.29. The van der Waals surface area contributed by atoms with Gasteiger partial charge in [0, 0.05) is 44.5 Å². The van der Waals surface area contributed by atoms with Crippen LogP contribution in [0, 0.1) is 5.92 Å². The van der Waals surface area contributed by atoms with E-state index in [2.05, 4.69) is 156 Å². The molecule has 1 fully saturated rings. The van der Waals surface area contributed by atoms with E-state index in [0.29, 0.717) is 11.7 Å². The number of fused-ring (bicyclic) bond motifs is 19. The Bertz CT molecular complexity index is 3690. The fourth-order valence-electron chi connectivity index (χ4n) is 14.4. The van der Waals surface area contributed by atoms with E-state index in [1.165, 1.54) is 88.3 Å². The minimum Gasteiger partial charge on any atom is -0.308 e. The first kappa shape index (κ1) is 32.6. The van der Waals surface area contributed by atoms with Crippen LogP contribution in [-0.2, 0) is 5.41 Å². The van der Waals surface area contributed by atoms with Crippen LogP contribution in [-0.4, -0.2) is 16.0 Å². The maximum atomic E-state index is 15.4. The Morgan fingerprint density at radius 2 is 0.887 bits per heavy atom. The molecule has 290 valence electrons. The minimum absolute atomic E-state index is 0.0719. The number of carbonyl (C=O) groups is 2. The topological polar surface area (TPSA) is 38.5 Å². The lowest BCUT2D eigenvalue weighted by Crippen LogP contribution is -2.26. The van der Waals surface area contributed by atoms with Crippen molar-refractivity contribution in [3.8, 4) is 22.3 Å². The standard InChI is InChI=1S/C59H37NO2/c61-57-31-23-21-30(22-24-31)39-25-40-43-27-42-34-13-7-10-20-49(34)59(47-18-8-5-11-32(47)33-12-6-9-19-48(33)59)55(42)54-46-26-41-45(29-51(46)60(56(43)54)50(40)28-44(39)57)58(62)53-37-16-3-1-14-35(37)52(41)36-15-2-4-17-38(36)53/h1-20,25-31,52-53H,21-24H2. The zero-order valence-electron chi connectivity index (χ0n) is 33.8. The summed E-state index contributed by atoms with van der Waals surface area (Å²) in [5, 5.41) is 4.86. The molecule has 62 heavy (non-hydrogen) atoms. The summed E-state index contributed by atoms with van der Waals surface area (Å²) in [7, 11) is 0. The number of ketones is 2. The monoisotopic (exact) mass is 791 g/mol. The van der Waals surface area contributed by atoms with E-state index in [0.717, 1.165) is 64.5 Å². The Balaban J connectivity index is 1.13. The summed E-state index contributed by atoms with van der Waals surface area (Å²) in [6.45, 7) is 0. The fraction of sp³-hybridized carbons (Fsp3) is 0.153. The molecule has 3 nitrogen and oxygen atoms in total. The van der Waals surface area contributed by atoms with Gasteiger partial charge in [0.2, 0.25) is 0 Å². The number of carbonyl (C=O) groups excluding carboxylic acids is 2. The molecule has 0 aliphatic heterocycles. The number of nitrogens with zero attached hydrogens (tertiary/aromatic N) is 1. The van der Waals surface area contributed by atoms with Crippen molar-refractivity contribution in [1.82, 2.24) is 4.40 Å². The van der Waals surface area contributed by atoms with E-state index < -0.39 is 5.41 Å². The number of rotatable bonds is 0. The van der Waals surface area contributed by atoms with E-state index in [1.807, 2.05) is 0 Å². The van der Waals surface area contributed by atoms with Gasteiger partial charge in [-0.1, -0.05) is 121 Å². The summed E-state index contributed by atoms with van der Waals surface area (Å²) in [4.78, 5) is 29.9. The average molecular weight is 792 g/mol. The van der Waals surface area contributed by atoms with Crippen LogP contribution in [0.2, 0.25) is 0 Å². The van der Waals surface area contributed by atoms with Gasteiger partial charge in [-0.15, -0.1) is 0 Å². The zero-order valence-corrected chi connectivity index (χ0v) is 33.8. The quantitative estimate of drug-likeness (QED) is 0.153. The van der Waals surface area contributed by atoms with Crippen LogP contribution in [0.3, 0.4) is 0 Å². The van der Waals surface area contributed by atoms with Crippen molar-refractivity contribution in [3.63, 3.8) is 0 Å². The third-order valence-corrected chi connectivity index (χ3v) is 16.7. The number of aromatic nitrogens is 1. The summed E-state index contributed by atoms with van der Waals surface area (Å²) in [5.41, 5.74) is 21.9. The highest BCUT2D eigenvalue weighted by Crippen LogP contribution is 2.66. The average Bonchev–Trinajstić information content (AvgIpc) is 3.93. The van der Waals surface area contributed by atoms with E-state index in [-0.39, 0.29) is 23.5 Å². The third kappa shape index (κ3) is 3.50. The van der Waals surface area contributed by atoms with Gasteiger partial charge in [-0.05, 0) is 140 Å². The molecule has 0 radical (unpaired) electrons. The maximum Gasteiger partial charge on any atom is 0.175 e. The lowest BCUT2D eigenvalue weighted by Gasteiger charge is -2.31. The molecule has 0 atom stereocenters. The van der Waals surface area contributed by atoms with Gasteiger partial charge in [0.15, 0.2) is 11.6 Å². The van der Waals surface area contributed by atoms with Gasteiger partial charge in [0.25, 0.3) is 0 Å². The SMILES string of the molecule is O=C1c2cc3c(cc2C2CCC1CC2)c1cc2c(c4c5cc6c(cc5n3c14)C(=O)C1c3ccccc3C6c3ccccc31)C1(c3ccccc3-c3ccccc31)c1ccccc1-2. The number of benzene rings is 8. The lowest BCUT2D eigenvalue weighted by atomic mass is 9.69. The lowest BCUT2D eigenvalue weighted by molar-refractivity contribution is 0.0897. The number of Topliss-reactive ketones (excluding diaryl/α,β-unsaturated/α-hetero) is 2. The molecule has 2 aromatic heterocycles. The van der Waals surface area contributed by atoms with Crippen molar-refractivity contribution in [2.24, 2.45) is 5.92 Å². The molecule has 0 unspecified atom stereocenters. The first-order valence-corrected chi connectivity index (χ1v) is 22.5. The number of hydrogen-bond acceptors (Lipinski definition) is 2. The summed E-state index contributed by atoms with van der Waals surface area (Å²) >= 11 is 0. The first-order chi connectivity index (χ1) is 30.6. The number of hydrogen-bond donors (Lipinski definition) is 0. The Kier molecular flexibility index (Phi) is 5.71. The Morgan fingerprint density at radius 1 is 0.403 bits per heavy atom. The largest absolute Gasteiger partial charge is 0.308 e. The molecule has 0 N–H and O–H groups in total. The first-order valence-electron chi connectivity index (χ1n) is 22.5. The highest BCUT2D eigenvalue weighted by Gasteiger charge is 2.53. The molecule has 0 saturated heterocycles. The van der Waals surface area contributed by atoms with Gasteiger partial charge >= 0.3 is 0 Å². The second kappa shape index (κ2) is 10.9. The molecule has 4 bridgehead atoms. The van der Waals surface area contributed by atoms with Crippen molar-refractivity contribution < 1.29 is 9.59 Å². The van der Waals surface area contributed by atoms with Crippen LogP contribution in [0.4, 0.5) is 0 Å². The summed E-state index contributed by atoms with van der Waals surface area (Å²) in [6.07, 6.45) is 4.11. The van der Waals surface area contributed by atoms with Crippen LogP contribution in [0.5, 0.6) is 0 Å². The smallest absolute Gasteiger partial charge is 0.175 e. The minimum atomic E-state index is -0.557. The predicted molar refractivity (Wildman–Crippen MR) is 246 cm³/mol. The molecule has 8 aliphatic rings. The Labute approximate surface area is 357 Å². The van der Waals surface area contributed by atoms with Gasteiger partial charge in [-0.2, -0.15) is 0 Å². The molecular formula is C59H37NO2. The maximum absolute atomic E-state index is 15.4. The highest BCUT2D eigenvalue weighted by atomic mass is 16.1. The van der Waals surface area contributed by atoms with Gasteiger partial charge in [0.05, 0.1) is 27.9 Å². The van der Waals surface area contributed by atoms with Crippen molar-refractivity contribution in [3.05, 3.63) is 218 Å². The molecule has 10 aromatic rings. The van der Waals surface area contributed by atoms with Gasteiger partial charge < -0.3 is 4.40 Å². The van der Waals surface area contributed by atoms with Gasteiger partial charge in [-0.25, -0.2) is 0 Å². The van der Waals surface area contributed by atoms with Crippen LogP contribution in [0.1, 0.15) is 120 Å². The molecule has 1 spiro atoms. The van der Waals surface area contributed by atoms with Gasteiger partial charge in [0.1, 0.15) is 0 Å². The Morgan fingerprint density at radius 3 is 1.50 bits per heavy atom. The molecular weight excluding hydrogens is 755 g/mol. The van der Waals surface area contributed by atoms with Crippen molar-refractivity contribution in [2.45, 2.75) is 48.9 Å². The van der Waals surface area contributed by atoms with Crippen LogP contribution < -0.4 is 0 Å². The van der Waals surface area contributed by atoms with E-state index in [4.69, 9.17) is 0 Å². The van der Waals surface area contributed by atoms with E-state index >= 15 is 4.79 Å². The van der Waals surface area contributed by atoms with Crippen molar-refractivity contribution in [2.75, 3.05) is 0 Å². The molecule has 18 rings (SSSR count). The third-order valence-electron chi connectivity index (χ3n) is 16.7. The fourth-order valence-corrected chi connectivity index (χ4v) is 14.4. The predicted octanol–water partition coefficient (Wildman–Crippen LogP) is 13.5. The second-order valence-electron chi connectivity index (χ2n) is 19.1. The summed E-state index contributed by atoms with van der Waals surface area (Å²) in [6, 6.07) is 56.5. The normalized spacial score (nSPS) is 21.5. The molecule has 0 amide bonds. The molecule has 1 saturated carbocycles. The molecule has 3 heteroatoms. The van der Waals surface area contributed by atoms with Crippen molar-refractivity contribution in [1.29, 1.82) is 0 Å². The van der Waals surface area contributed by atoms with E-state index in [1.54, 1.807) is 0 Å². The van der Waals surface area contributed by atoms with Crippen LogP contribution >= 0.6 is 0 Å². The summed E-state index contributed by atoms with van der Waals surface area (Å²) in [5.74, 6) is 0.558. The second-order valence-corrected chi connectivity index (χ2v) is 19.1. The molecule has 8 aromatic carbocycles. The van der Waals surface area contributed by atoms with E-state index in [9.17, 15) is 4.79 Å². The summed E-state index contributed by atoms with van der Waals surface area (Å²) < 4.78 is 2.47. The van der Waals surface area contributed by atoms with Crippen LogP contribution in [0.25, 0.3) is 60.3 Å².